The van der Waals surface area contributed by atoms with Crippen molar-refractivity contribution in [2.75, 3.05) is 26.7 Å². The van der Waals surface area contributed by atoms with Gasteiger partial charge < -0.3 is 15.3 Å². The highest BCUT2D eigenvalue weighted by Gasteiger charge is 2.25. The molecule has 2 N–H and O–H groups in total. The third-order valence-corrected chi connectivity index (χ3v) is 3.26. The van der Waals surface area contributed by atoms with Crippen molar-refractivity contribution in [3.05, 3.63) is 0 Å². The molecule has 0 bridgehead atoms. The van der Waals surface area contributed by atoms with Crippen molar-refractivity contribution in [2.45, 2.75) is 38.7 Å². The van der Waals surface area contributed by atoms with Crippen LogP contribution in [-0.2, 0) is 4.79 Å². The number of rotatable bonds is 6. The van der Waals surface area contributed by atoms with Crippen LogP contribution >= 0.6 is 0 Å². The lowest BCUT2D eigenvalue weighted by atomic mass is 10.1. The Hall–Kier alpha value is -0.610. The first-order valence-electron chi connectivity index (χ1n) is 6.20. The summed E-state index contributed by atoms with van der Waals surface area (Å²) in [5.41, 5.74) is 0. The molecule has 1 saturated carbocycles. The standard InChI is InChI=1S/C12H24N2O2/c1-10(15)13-7-4-8-14(2)9-11-5-3-6-12(11)16/h11-12,16H,3-9H2,1-2H3,(H,13,15). The highest BCUT2D eigenvalue weighted by Crippen LogP contribution is 2.25. The Morgan fingerprint density at radius 2 is 2.25 bits per heavy atom. The van der Waals surface area contributed by atoms with E-state index in [1.54, 1.807) is 6.92 Å². The molecule has 0 aromatic carbocycles. The minimum absolute atomic E-state index is 0.0360. The number of hydrogen-bond donors (Lipinski definition) is 2. The van der Waals surface area contributed by atoms with Crippen LogP contribution in [0.15, 0.2) is 0 Å². The van der Waals surface area contributed by atoms with E-state index in [0.29, 0.717) is 5.92 Å². The molecule has 0 aromatic rings. The van der Waals surface area contributed by atoms with Gasteiger partial charge in [0.25, 0.3) is 0 Å². The normalized spacial score (nSPS) is 25.0. The van der Waals surface area contributed by atoms with Gasteiger partial charge in [-0.3, -0.25) is 4.79 Å². The Kier molecular flexibility index (Phi) is 5.77. The predicted octanol–water partition coefficient (Wildman–Crippen LogP) is 0.605. The van der Waals surface area contributed by atoms with Crippen molar-refractivity contribution >= 4 is 5.91 Å². The minimum atomic E-state index is -0.0993. The molecule has 94 valence electrons. The maximum Gasteiger partial charge on any atom is 0.216 e. The molecule has 0 aromatic heterocycles. The van der Waals surface area contributed by atoms with Crippen LogP contribution in [0.5, 0.6) is 0 Å². The number of hydrogen-bond acceptors (Lipinski definition) is 3. The molecule has 1 rings (SSSR count). The van der Waals surface area contributed by atoms with Gasteiger partial charge in [-0.05, 0) is 38.8 Å². The van der Waals surface area contributed by atoms with Crippen molar-refractivity contribution in [3.8, 4) is 0 Å². The SMILES string of the molecule is CC(=O)NCCCN(C)CC1CCCC1O. The molecule has 0 radical (unpaired) electrons. The quantitative estimate of drug-likeness (QED) is 0.655. The van der Waals surface area contributed by atoms with E-state index in [2.05, 4.69) is 17.3 Å². The fourth-order valence-corrected chi connectivity index (χ4v) is 2.34. The average molecular weight is 228 g/mol. The molecule has 0 saturated heterocycles. The second-order valence-electron chi connectivity index (χ2n) is 4.86. The smallest absolute Gasteiger partial charge is 0.216 e. The topological polar surface area (TPSA) is 52.6 Å². The molecule has 1 aliphatic rings. The largest absolute Gasteiger partial charge is 0.393 e. The summed E-state index contributed by atoms with van der Waals surface area (Å²) >= 11 is 0. The summed E-state index contributed by atoms with van der Waals surface area (Å²) in [7, 11) is 2.08. The van der Waals surface area contributed by atoms with Crippen LogP contribution in [0, 0.1) is 5.92 Å². The van der Waals surface area contributed by atoms with Crippen LogP contribution in [0.3, 0.4) is 0 Å². The monoisotopic (exact) mass is 228 g/mol. The average Bonchev–Trinajstić information content (AvgIpc) is 2.59. The van der Waals surface area contributed by atoms with Gasteiger partial charge in [0, 0.05) is 20.0 Å². The fourth-order valence-electron chi connectivity index (χ4n) is 2.34. The second-order valence-corrected chi connectivity index (χ2v) is 4.86. The summed E-state index contributed by atoms with van der Waals surface area (Å²) < 4.78 is 0. The maximum atomic E-state index is 10.7. The lowest BCUT2D eigenvalue weighted by Gasteiger charge is -2.22. The Labute approximate surface area is 98.0 Å². The number of aliphatic hydroxyl groups excluding tert-OH is 1. The Bertz CT molecular complexity index is 221. The number of nitrogens with one attached hydrogen (secondary N) is 1. The zero-order valence-electron chi connectivity index (χ0n) is 10.4. The van der Waals surface area contributed by atoms with Crippen LogP contribution < -0.4 is 5.32 Å². The Morgan fingerprint density at radius 3 is 2.81 bits per heavy atom. The van der Waals surface area contributed by atoms with Gasteiger partial charge in [-0.2, -0.15) is 0 Å². The maximum absolute atomic E-state index is 10.7. The highest BCUT2D eigenvalue weighted by molar-refractivity contribution is 5.72. The van der Waals surface area contributed by atoms with Gasteiger partial charge >= 0.3 is 0 Å². The summed E-state index contributed by atoms with van der Waals surface area (Å²) in [5, 5.41) is 12.5. The highest BCUT2D eigenvalue weighted by atomic mass is 16.3. The Balaban J connectivity index is 2.06. The van der Waals surface area contributed by atoms with Gasteiger partial charge in [0.2, 0.25) is 5.91 Å². The number of amides is 1. The van der Waals surface area contributed by atoms with Crippen molar-refractivity contribution in [3.63, 3.8) is 0 Å². The minimum Gasteiger partial charge on any atom is -0.393 e. The number of nitrogens with zero attached hydrogens (tertiary/aromatic N) is 1. The number of carbonyl (C=O) groups excluding carboxylic acids is 1. The van der Waals surface area contributed by atoms with E-state index in [-0.39, 0.29) is 12.0 Å². The van der Waals surface area contributed by atoms with Crippen LogP contribution in [0.1, 0.15) is 32.6 Å². The molecular weight excluding hydrogens is 204 g/mol. The molecule has 0 aliphatic heterocycles. The molecule has 0 spiro atoms. The van der Waals surface area contributed by atoms with E-state index in [9.17, 15) is 9.90 Å². The van der Waals surface area contributed by atoms with Crippen molar-refractivity contribution in [1.29, 1.82) is 0 Å². The van der Waals surface area contributed by atoms with E-state index in [1.165, 1.54) is 0 Å². The molecule has 4 heteroatoms. The third kappa shape index (κ3) is 4.94. The van der Waals surface area contributed by atoms with Crippen LogP contribution in [-0.4, -0.2) is 48.7 Å². The third-order valence-electron chi connectivity index (χ3n) is 3.26. The van der Waals surface area contributed by atoms with Crippen LogP contribution in [0.2, 0.25) is 0 Å². The molecule has 0 heterocycles. The lowest BCUT2D eigenvalue weighted by Crippen LogP contribution is -2.32. The number of carbonyl (C=O) groups is 1. The van der Waals surface area contributed by atoms with E-state index in [4.69, 9.17) is 0 Å². The first-order valence-corrected chi connectivity index (χ1v) is 6.20. The summed E-state index contributed by atoms with van der Waals surface area (Å²) in [4.78, 5) is 12.9. The van der Waals surface area contributed by atoms with E-state index in [1.807, 2.05) is 0 Å². The second kappa shape index (κ2) is 6.86. The van der Waals surface area contributed by atoms with E-state index < -0.39 is 0 Å². The summed E-state index contributed by atoms with van der Waals surface area (Å²) in [6.07, 6.45) is 4.14. The molecular formula is C12H24N2O2. The Morgan fingerprint density at radius 1 is 1.50 bits per heavy atom. The van der Waals surface area contributed by atoms with Crippen molar-refractivity contribution < 1.29 is 9.90 Å². The summed E-state index contributed by atoms with van der Waals surface area (Å²) in [5.74, 6) is 0.486. The molecule has 1 aliphatic carbocycles. The summed E-state index contributed by atoms with van der Waals surface area (Å²) in [6, 6.07) is 0. The van der Waals surface area contributed by atoms with E-state index >= 15 is 0 Å². The van der Waals surface area contributed by atoms with Crippen molar-refractivity contribution in [2.24, 2.45) is 5.92 Å². The molecule has 1 amide bonds. The fraction of sp³-hybridized carbons (Fsp3) is 0.917. The molecule has 1 fully saturated rings. The molecule has 2 unspecified atom stereocenters. The van der Waals surface area contributed by atoms with E-state index in [0.717, 1.165) is 45.3 Å². The van der Waals surface area contributed by atoms with Gasteiger partial charge in [-0.15, -0.1) is 0 Å². The summed E-state index contributed by atoms with van der Waals surface area (Å²) in [6.45, 7) is 4.23. The first kappa shape index (κ1) is 13.5. The van der Waals surface area contributed by atoms with Crippen LogP contribution in [0.4, 0.5) is 0 Å². The van der Waals surface area contributed by atoms with Gasteiger partial charge in [0.05, 0.1) is 6.10 Å². The van der Waals surface area contributed by atoms with Crippen molar-refractivity contribution in [1.82, 2.24) is 10.2 Å². The zero-order chi connectivity index (χ0) is 12.0. The van der Waals surface area contributed by atoms with Gasteiger partial charge in [0.1, 0.15) is 0 Å². The predicted molar refractivity (Wildman–Crippen MR) is 64.1 cm³/mol. The van der Waals surface area contributed by atoms with Gasteiger partial charge in [-0.1, -0.05) is 6.42 Å². The molecule has 16 heavy (non-hydrogen) atoms. The van der Waals surface area contributed by atoms with Gasteiger partial charge in [0.15, 0.2) is 0 Å². The number of aliphatic hydroxyl groups is 1. The lowest BCUT2D eigenvalue weighted by molar-refractivity contribution is -0.118. The van der Waals surface area contributed by atoms with Crippen LogP contribution in [0.25, 0.3) is 0 Å². The molecule has 4 nitrogen and oxygen atoms in total. The molecule has 2 atom stereocenters. The first-order chi connectivity index (χ1) is 7.59. The van der Waals surface area contributed by atoms with Gasteiger partial charge in [-0.25, -0.2) is 0 Å². The zero-order valence-corrected chi connectivity index (χ0v) is 10.4.